The summed E-state index contributed by atoms with van der Waals surface area (Å²) in [7, 11) is 0. The van der Waals surface area contributed by atoms with Gasteiger partial charge < -0.3 is 0 Å². The minimum absolute atomic E-state index is 0.158. The molecule has 1 N–H and O–H groups in total. The molecule has 0 aliphatic rings. The lowest BCUT2D eigenvalue weighted by Gasteiger charge is -1.98. The molecule has 1 aromatic carbocycles. The molecule has 18 heavy (non-hydrogen) atoms. The third-order valence-corrected chi connectivity index (χ3v) is 2.18. The molecule has 0 aliphatic carbocycles. The van der Waals surface area contributed by atoms with E-state index in [0.29, 0.717) is 5.82 Å². The van der Waals surface area contributed by atoms with Crippen molar-refractivity contribution in [1.82, 2.24) is 10.2 Å². The summed E-state index contributed by atoms with van der Waals surface area (Å²) in [4.78, 5) is 0. The summed E-state index contributed by atoms with van der Waals surface area (Å²) in [5.74, 6) is -0.970. The summed E-state index contributed by atoms with van der Waals surface area (Å²) in [5, 5.41) is 11.3. The zero-order valence-corrected chi connectivity index (χ0v) is 9.70. The number of halogens is 3. The molecular formula is C11H7ClF2N4. The number of hydrogen-bond acceptors (Lipinski definition) is 4. The van der Waals surface area contributed by atoms with E-state index in [-0.39, 0.29) is 10.7 Å². The molecule has 0 amide bonds. The van der Waals surface area contributed by atoms with Crippen LogP contribution in [0.2, 0.25) is 5.15 Å². The Kier molecular flexibility index (Phi) is 3.78. The number of hydrogen-bond donors (Lipinski definition) is 1. The molecule has 0 saturated heterocycles. The molecule has 0 saturated carbocycles. The van der Waals surface area contributed by atoms with Gasteiger partial charge in [-0.2, -0.15) is 5.10 Å². The summed E-state index contributed by atoms with van der Waals surface area (Å²) in [6, 6.07) is 6.30. The molecule has 0 bridgehead atoms. The summed E-state index contributed by atoms with van der Waals surface area (Å²) < 4.78 is 25.9. The van der Waals surface area contributed by atoms with Crippen molar-refractivity contribution < 1.29 is 8.78 Å². The Morgan fingerprint density at radius 3 is 2.67 bits per heavy atom. The molecular weight excluding hydrogens is 262 g/mol. The predicted molar refractivity (Wildman–Crippen MR) is 64.6 cm³/mol. The van der Waals surface area contributed by atoms with Gasteiger partial charge in [-0.3, -0.25) is 5.43 Å². The molecule has 0 aliphatic heterocycles. The van der Waals surface area contributed by atoms with Crippen LogP contribution in [0.1, 0.15) is 5.56 Å². The highest BCUT2D eigenvalue weighted by Gasteiger charge is 2.00. The van der Waals surface area contributed by atoms with Crippen molar-refractivity contribution >= 4 is 23.6 Å². The smallest absolute Gasteiger partial charge is 0.168 e. The molecule has 0 unspecified atom stereocenters. The van der Waals surface area contributed by atoms with E-state index >= 15 is 0 Å². The maximum atomic E-state index is 13.2. The fourth-order valence-electron chi connectivity index (χ4n) is 1.15. The van der Waals surface area contributed by atoms with E-state index in [1.165, 1.54) is 18.3 Å². The van der Waals surface area contributed by atoms with Gasteiger partial charge in [0.2, 0.25) is 0 Å². The molecule has 1 aromatic heterocycles. The van der Waals surface area contributed by atoms with Crippen LogP contribution in [0.5, 0.6) is 0 Å². The van der Waals surface area contributed by atoms with Crippen LogP contribution in [0.15, 0.2) is 35.4 Å². The van der Waals surface area contributed by atoms with Gasteiger partial charge >= 0.3 is 0 Å². The summed E-state index contributed by atoms with van der Waals surface area (Å²) in [6.45, 7) is 0. The first-order valence-corrected chi connectivity index (χ1v) is 5.26. The van der Waals surface area contributed by atoms with Crippen LogP contribution in [0, 0.1) is 11.6 Å². The molecule has 2 rings (SSSR count). The average molecular weight is 269 g/mol. The van der Waals surface area contributed by atoms with Crippen LogP contribution >= 0.6 is 11.6 Å². The predicted octanol–water partition coefficient (Wildman–Crippen LogP) is 2.85. The third kappa shape index (κ3) is 3.21. The lowest BCUT2D eigenvalue weighted by Crippen LogP contribution is -1.96. The third-order valence-electron chi connectivity index (χ3n) is 1.98. The number of hydrazone groups is 1. The first kappa shape index (κ1) is 12.4. The van der Waals surface area contributed by atoms with Gasteiger partial charge in [-0.15, -0.1) is 10.2 Å². The van der Waals surface area contributed by atoms with Gasteiger partial charge in [-0.25, -0.2) is 8.78 Å². The largest absolute Gasteiger partial charge is 0.260 e. The van der Waals surface area contributed by atoms with Crippen molar-refractivity contribution in [2.24, 2.45) is 5.10 Å². The van der Waals surface area contributed by atoms with Gasteiger partial charge in [-0.05, 0) is 24.3 Å². The Hall–Kier alpha value is -2.08. The van der Waals surface area contributed by atoms with Crippen molar-refractivity contribution in [2.75, 3.05) is 5.43 Å². The number of aromatic nitrogens is 2. The quantitative estimate of drug-likeness (QED) is 0.688. The SMILES string of the molecule is Fc1ccc(/C=N/Nc2ccc(Cl)nn2)c(F)c1. The Morgan fingerprint density at radius 2 is 2.00 bits per heavy atom. The standard InChI is InChI=1S/C11H7ClF2N4/c12-10-3-4-11(18-16-10)17-15-6-7-1-2-8(13)5-9(7)14/h1-6H,(H,17,18)/b15-6+. The van der Waals surface area contributed by atoms with Gasteiger partial charge in [0.1, 0.15) is 11.6 Å². The Morgan fingerprint density at radius 1 is 1.17 bits per heavy atom. The zero-order chi connectivity index (χ0) is 13.0. The van der Waals surface area contributed by atoms with Crippen molar-refractivity contribution in [2.45, 2.75) is 0 Å². The summed E-state index contributed by atoms with van der Waals surface area (Å²) >= 11 is 5.55. The van der Waals surface area contributed by atoms with E-state index in [1.807, 2.05) is 0 Å². The van der Waals surface area contributed by atoms with Crippen molar-refractivity contribution in [3.05, 3.63) is 52.7 Å². The van der Waals surface area contributed by atoms with Gasteiger partial charge in [0.05, 0.1) is 6.21 Å². The Balaban J connectivity index is 2.05. The van der Waals surface area contributed by atoms with E-state index in [4.69, 9.17) is 11.6 Å². The number of rotatable bonds is 3. The van der Waals surface area contributed by atoms with E-state index in [1.54, 1.807) is 6.07 Å². The first-order valence-electron chi connectivity index (χ1n) is 4.88. The molecule has 0 radical (unpaired) electrons. The second kappa shape index (κ2) is 5.50. The Labute approximate surface area is 106 Å². The second-order valence-electron chi connectivity index (χ2n) is 3.28. The second-order valence-corrected chi connectivity index (χ2v) is 3.66. The van der Waals surface area contributed by atoms with Gasteiger partial charge in [-0.1, -0.05) is 11.6 Å². The summed E-state index contributed by atoms with van der Waals surface area (Å²) in [5.41, 5.74) is 2.70. The van der Waals surface area contributed by atoms with Gasteiger partial charge in [0.15, 0.2) is 11.0 Å². The van der Waals surface area contributed by atoms with Gasteiger partial charge in [0, 0.05) is 11.6 Å². The van der Waals surface area contributed by atoms with E-state index in [2.05, 4.69) is 20.7 Å². The van der Waals surface area contributed by atoms with Crippen LogP contribution in [0.4, 0.5) is 14.6 Å². The molecule has 7 heteroatoms. The maximum absolute atomic E-state index is 13.2. The molecule has 92 valence electrons. The number of nitrogens with zero attached hydrogens (tertiary/aromatic N) is 3. The lowest BCUT2D eigenvalue weighted by atomic mass is 10.2. The van der Waals surface area contributed by atoms with Crippen molar-refractivity contribution in [3.8, 4) is 0 Å². The van der Waals surface area contributed by atoms with Crippen LogP contribution in [0.3, 0.4) is 0 Å². The zero-order valence-electron chi connectivity index (χ0n) is 8.94. The topological polar surface area (TPSA) is 50.2 Å². The number of anilines is 1. The van der Waals surface area contributed by atoms with Crippen LogP contribution in [0.25, 0.3) is 0 Å². The molecule has 0 atom stereocenters. The fourth-order valence-corrected chi connectivity index (χ4v) is 1.25. The number of benzene rings is 1. The minimum atomic E-state index is -0.692. The normalized spacial score (nSPS) is 10.8. The van der Waals surface area contributed by atoms with E-state index in [9.17, 15) is 8.78 Å². The highest BCUT2D eigenvalue weighted by atomic mass is 35.5. The fraction of sp³-hybridized carbons (Fsp3) is 0. The first-order chi connectivity index (χ1) is 8.65. The highest BCUT2D eigenvalue weighted by molar-refractivity contribution is 6.29. The van der Waals surface area contributed by atoms with Crippen LogP contribution < -0.4 is 5.43 Å². The highest BCUT2D eigenvalue weighted by Crippen LogP contribution is 2.08. The van der Waals surface area contributed by atoms with Crippen molar-refractivity contribution in [3.63, 3.8) is 0 Å². The average Bonchev–Trinajstić information content (AvgIpc) is 2.34. The maximum Gasteiger partial charge on any atom is 0.168 e. The van der Waals surface area contributed by atoms with Crippen molar-refractivity contribution in [1.29, 1.82) is 0 Å². The molecule has 0 spiro atoms. The lowest BCUT2D eigenvalue weighted by molar-refractivity contribution is 0.582. The van der Waals surface area contributed by atoms with E-state index < -0.39 is 11.6 Å². The minimum Gasteiger partial charge on any atom is -0.260 e. The van der Waals surface area contributed by atoms with Crippen LogP contribution in [-0.2, 0) is 0 Å². The monoisotopic (exact) mass is 268 g/mol. The summed E-state index contributed by atoms with van der Waals surface area (Å²) in [6.07, 6.45) is 1.21. The van der Waals surface area contributed by atoms with Gasteiger partial charge in [0.25, 0.3) is 0 Å². The van der Waals surface area contributed by atoms with E-state index in [0.717, 1.165) is 12.1 Å². The molecule has 4 nitrogen and oxygen atoms in total. The van der Waals surface area contributed by atoms with Crippen LogP contribution in [-0.4, -0.2) is 16.4 Å². The Bertz CT molecular complexity index is 572. The number of nitrogens with one attached hydrogen (secondary N) is 1. The molecule has 1 heterocycles. The molecule has 2 aromatic rings. The molecule has 0 fully saturated rings.